The van der Waals surface area contributed by atoms with E-state index in [-0.39, 0.29) is 5.91 Å². The van der Waals surface area contributed by atoms with Gasteiger partial charge in [-0.05, 0) is 42.2 Å². The fourth-order valence-electron chi connectivity index (χ4n) is 3.53. The number of aromatic nitrogens is 1. The van der Waals surface area contributed by atoms with Crippen molar-refractivity contribution in [3.63, 3.8) is 0 Å². The number of fused-ring (bicyclic) bond motifs is 1. The molecular weight excluding hydrogens is 370 g/mol. The van der Waals surface area contributed by atoms with Gasteiger partial charge in [-0.3, -0.25) is 9.69 Å². The maximum Gasteiger partial charge on any atom is 0.234 e. The number of ether oxygens (including phenoxy) is 1. The third-order valence-corrected chi connectivity index (χ3v) is 5.68. The van der Waals surface area contributed by atoms with Gasteiger partial charge in [-0.15, -0.1) is 11.8 Å². The van der Waals surface area contributed by atoms with Crippen LogP contribution in [0, 0.1) is 0 Å². The lowest BCUT2D eigenvalue weighted by atomic mass is 10.0. The topological polar surface area (TPSA) is 54.5 Å². The Labute approximate surface area is 169 Å². The fourth-order valence-corrected chi connectivity index (χ4v) is 3.96. The van der Waals surface area contributed by atoms with Crippen molar-refractivity contribution in [2.75, 3.05) is 33.0 Å². The Balaban J connectivity index is 1.81. The molecule has 1 aliphatic heterocycles. The molecule has 0 unspecified atom stereocenters. The molecule has 0 aliphatic carbocycles. The first kappa shape index (κ1) is 18.8. The first-order valence-corrected chi connectivity index (χ1v) is 10.5. The summed E-state index contributed by atoms with van der Waals surface area (Å²) in [6, 6.07) is 16.6. The number of hydrogen-bond acceptors (Lipinski definition) is 5. The molecule has 144 valence electrons. The van der Waals surface area contributed by atoms with Crippen LogP contribution in [0.15, 0.2) is 53.4 Å². The Hall–Kier alpha value is -2.57. The predicted molar refractivity (Wildman–Crippen MR) is 114 cm³/mol. The Kier molecular flexibility index (Phi) is 5.50. The number of amides is 1. The first-order chi connectivity index (χ1) is 13.7. The quantitative estimate of drug-likeness (QED) is 0.672. The molecule has 3 aromatic rings. The normalized spacial score (nSPS) is 14.9. The average Bonchev–Trinajstić information content (AvgIpc) is 2.73. The van der Waals surface area contributed by atoms with Gasteiger partial charge in [0.25, 0.3) is 0 Å². The van der Waals surface area contributed by atoms with Crippen LogP contribution in [0.1, 0.15) is 5.56 Å². The molecule has 1 fully saturated rings. The number of rotatable bonds is 5. The van der Waals surface area contributed by atoms with Crippen molar-refractivity contribution in [1.82, 2.24) is 15.2 Å². The minimum Gasteiger partial charge on any atom is -0.497 e. The molecule has 0 bridgehead atoms. The minimum atomic E-state index is 0.0764. The molecule has 4 rings (SSSR count). The molecule has 6 heteroatoms. The van der Waals surface area contributed by atoms with E-state index in [1.165, 1.54) is 4.90 Å². The summed E-state index contributed by atoms with van der Waals surface area (Å²) < 4.78 is 5.41. The number of carbonyl (C=O) groups is 1. The van der Waals surface area contributed by atoms with E-state index in [0.29, 0.717) is 19.6 Å². The number of nitrogens with zero attached hydrogens (tertiary/aromatic N) is 2. The van der Waals surface area contributed by atoms with Gasteiger partial charge in [0.1, 0.15) is 5.75 Å². The molecule has 2 heterocycles. The summed E-state index contributed by atoms with van der Waals surface area (Å²) in [5.41, 5.74) is 4.06. The molecule has 5 nitrogen and oxygen atoms in total. The molecule has 0 spiro atoms. The van der Waals surface area contributed by atoms with Crippen LogP contribution < -0.4 is 10.1 Å². The molecule has 1 aliphatic rings. The van der Waals surface area contributed by atoms with Crippen LogP contribution in [0.3, 0.4) is 0 Å². The standard InChI is InChI=1S/C22H23N3O2S/c1-27-18-5-3-4-16(11-18)22-17(13-25-9-8-23-21(26)14-25)10-15-6-7-19(28-2)12-20(15)24-22/h3-7,10-12H,8-9,13-14H2,1-2H3,(H,23,26). The van der Waals surface area contributed by atoms with E-state index in [1.807, 2.05) is 18.2 Å². The van der Waals surface area contributed by atoms with Gasteiger partial charge < -0.3 is 10.1 Å². The Morgan fingerprint density at radius 1 is 1.21 bits per heavy atom. The Morgan fingerprint density at radius 3 is 2.89 bits per heavy atom. The zero-order chi connectivity index (χ0) is 19.5. The van der Waals surface area contributed by atoms with E-state index < -0.39 is 0 Å². The molecule has 2 aromatic carbocycles. The summed E-state index contributed by atoms with van der Waals surface area (Å²) in [7, 11) is 1.67. The van der Waals surface area contributed by atoms with Crippen LogP contribution in [-0.4, -0.2) is 48.8 Å². The Morgan fingerprint density at radius 2 is 2.11 bits per heavy atom. The Bertz CT molecular complexity index is 1020. The van der Waals surface area contributed by atoms with Gasteiger partial charge in [0, 0.05) is 35.5 Å². The van der Waals surface area contributed by atoms with Gasteiger partial charge in [-0.2, -0.15) is 0 Å². The largest absolute Gasteiger partial charge is 0.497 e. The summed E-state index contributed by atoms with van der Waals surface area (Å²) in [6.45, 7) is 2.63. The van der Waals surface area contributed by atoms with E-state index in [1.54, 1.807) is 18.9 Å². The number of carbonyl (C=O) groups excluding carboxylic acids is 1. The lowest BCUT2D eigenvalue weighted by Gasteiger charge is -2.27. The average molecular weight is 394 g/mol. The predicted octanol–water partition coefficient (Wildman–Crippen LogP) is 3.56. The van der Waals surface area contributed by atoms with Crippen molar-refractivity contribution in [2.45, 2.75) is 11.4 Å². The van der Waals surface area contributed by atoms with Gasteiger partial charge in [0.05, 0.1) is 24.9 Å². The fraction of sp³-hybridized carbons (Fsp3) is 0.273. The van der Waals surface area contributed by atoms with Crippen LogP contribution in [-0.2, 0) is 11.3 Å². The van der Waals surface area contributed by atoms with Crippen LogP contribution in [0.25, 0.3) is 22.2 Å². The number of benzene rings is 2. The summed E-state index contributed by atoms with van der Waals surface area (Å²) >= 11 is 1.71. The number of methoxy groups -OCH3 is 1. The van der Waals surface area contributed by atoms with Crippen LogP contribution in [0.5, 0.6) is 5.75 Å². The highest BCUT2D eigenvalue weighted by Crippen LogP contribution is 2.30. The second kappa shape index (κ2) is 8.20. The summed E-state index contributed by atoms with van der Waals surface area (Å²) in [6.07, 6.45) is 2.07. The second-order valence-corrected chi connectivity index (χ2v) is 7.73. The van der Waals surface area contributed by atoms with Gasteiger partial charge in [-0.25, -0.2) is 4.98 Å². The van der Waals surface area contributed by atoms with Gasteiger partial charge in [0.2, 0.25) is 5.91 Å². The van der Waals surface area contributed by atoms with Gasteiger partial charge in [-0.1, -0.05) is 18.2 Å². The molecule has 0 radical (unpaired) electrons. The second-order valence-electron chi connectivity index (χ2n) is 6.85. The highest BCUT2D eigenvalue weighted by Gasteiger charge is 2.19. The van der Waals surface area contributed by atoms with Crippen molar-refractivity contribution >= 4 is 28.6 Å². The maximum atomic E-state index is 11.8. The van der Waals surface area contributed by atoms with Crippen molar-refractivity contribution in [3.05, 3.63) is 54.1 Å². The van der Waals surface area contributed by atoms with Crippen LogP contribution in [0.4, 0.5) is 0 Å². The third-order valence-electron chi connectivity index (χ3n) is 4.96. The highest BCUT2D eigenvalue weighted by molar-refractivity contribution is 7.98. The molecule has 1 N–H and O–H groups in total. The lowest BCUT2D eigenvalue weighted by molar-refractivity contribution is -0.124. The molecule has 1 saturated heterocycles. The van der Waals surface area contributed by atoms with Gasteiger partial charge in [0.15, 0.2) is 0 Å². The zero-order valence-corrected chi connectivity index (χ0v) is 16.9. The summed E-state index contributed by atoms with van der Waals surface area (Å²) in [5.74, 6) is 0.883. The monoisotopic (exact) mass is 393 g/mol. The summed E-state index contributed by atoms with van der Waals surface area (Å²) in [5, 5.41) is 4.00. The maximum absolute atomic E-state index is 11.8. The highest BCUT2D eigenvalue weighted by atomic mass is 32.2. The third kappa shape index (κ3) is 3.98. The number of pyridine rings is 1. The first-order valence-electron chi connectivity index (χ1n) is 9.27. The smallest absolute Gasteiger partial charge is 0.234 e. The number of nitrogens with one attached hydrogen (secondary N) is 1. The van der Waals surface area contributed by atoms with Crippen LogP contribution >= 0.6 is 11.8 Å². The van der Waals surface area contributed by atoms with E-state index in [9.17, 15) is 4.79 Å². The van der Waals surface area contributed by atoms with E-state index >= 15 is 0 Å². The summed E-state index contributed by atoms with van der Waals surface area (Å²) in [4.78, 5) is 20.2. The molecule has 0 atom stereocenters. The molecule has 28 heavy (non-hydrogen) atoms. The van der Waals surface area contributed by atoms with Crippen molar-refractivity contribution in [3.8, 4) is 17.0 Å². The van der Waals surface area contributed by atoms with Crippen molar-refractivity contribution < 1.29 is 9.53 Å². The number of thioether (sulfide) groups is 1. The van der Waals surface area contributed by atoms with E-state index in [2.05, 4.69) is 46.8 Å². The van der Waals surface area contributed by atoms with Gasteiger partial charge >= 0.3 is 0 Å². The van der Waals surface area contributed by atoms with Crippen molar-refractivity contribution in [2.24, 2.45) is 0 Å². The molecule has 0 saturated carbocycles. The van der Waals surface area contributed by atoms with Crippen molar-refractivity contribution in [1.29, 1.82) is 0 Å². The zero-order valence-electron chi connectivity index (χ0n) is 16.1. The molecule has 1 amide bonds. The molecule has 1 aromatic heterocycles. The number of piperazine rings is 1. The number of hydrogen-bond donors (Lipinski definition) is 1. The SMILES string of the molecule is COc1cccc(-c2nc3cc(SC)ccc3cc2CN2CCNC(=O)C2)c1. The molecular formula is C22H23N3O2S. The van der Waals surface area contributed by atoms with E-state index in [0.717, 1.165) is 40.0 Å². The lowest BCUT2D eigenvalue weighted by Crippen LogP contribution is -2.47. The minimum absolute atomic E-state index is 0.0764. The van der Waals surface area contributed by atoms with Crippen LogP contribution in [0.2, 0.25) is 0 Å². The van der Waals surface area contributed by atoms with E-state index in [4.69, 9.17) is 9.72 Å².